The third-order valence-corrected chi connectivity index (χ3v) is 7.49. The van der Waals surface area contributed by atoms with Gasteiger partial charge in [0.1, 0.15) is 11.5 Å². The Hall–Kier alpha value is -3.74. The second kappa shape index (κ2) is 9.37. The number of hydrogen-bond donors (Lipinski definition) is 0. The summed E-state index contributed by atoms with van der Waals surface area (Å²) in [4.78, 5) is 27.8. The van der Waals surface area contributed by atoms with Gasteiger partial charge in [-0.05, 0) is 50.7 Å². The average Bonchev–Trinajstić information content (AvgIpc) is 3.54. The maximum absolute atomic E-state index is 13.7. The molecule has 5 heterocycles. The summed E-state index contributed by atoms with van der Waals surface area (Å²) >= 11 is 0. The first-order valence-corrected chi connectivity index (χ1v) is 13.0. The quantitative estimate of drug-likeness (QED) is 0.396. The normalized spacial score (nSPS) is 20.3. The lowest BCUT2D eigenvalue weighted by atomic mass is 9.98. The van der Waals surface area contributed by atoms with Crippen molar-refractivity contribution in [3.05, 3.63) is 77.7 Å². The number of aromatic nitrogens is 4. The molecule has 7 nitrogen and oxygen atoms in total. The van der Waals surface area contributed by atoms with Gasteiger partial charge in [0.15, 0.2) is 5.65 Å². The zero-order chi connectivity index (χ0) is 24.6. The Kier molecular flexibility index (Phi) is 5.91. The van der Waals surface area contributed by atoms with Gasteiger partial charge >= 0.3 is 0 Å². The number of hydrogen-bond acceptors (Lipinski definition) is 5. The molecule has 0 bridgehead atoms. The molecule has 3 aromatic heterocycles. The maximum Gasteiger partial charge on any atom is 0.273 e. The fraction of sp³-hybridized carbons (Fsp3) is 0.379. The van der Waals surface area contributed by atoms with E-state index in [4.69, 9.17) is 15.1 Å². The highest BCUT2D eigenvalue weighted by atomic mass is 16.2. The van der Waals surface area contributed by atoms with Crippen LogP contribution in [0.5, 0.6) is 0 Å². The SMILES string of the molecule is Cc1cn2nc([C@@H]3CCCCN3C(=O)c3cccc(-c4ccccc4)n3)cc2nc1N1CC[C@H](C)C1. The molecule has 2 aliphatic rings. The molecule has 0 spiro atoms. The van der Waals surface area contributed by atoms with Crippen LogP contribution in [-0.4, -0.2) is 50.0 Å². The van der Waals surface area contributed by atoms with Gasteiger partial charge in [-0.25, -0.2) is 14.5 Å². The molecular weight excluding hydrogens is 448 g/mol. The number of likely N-dealkylation sites (tertiary alicyclic amines) is 1. The first kappa shape index (κ1) is 22.7. The number of aryl methyl sites for hydroxylation is 1. The van der Waals surface area contributed by atoms with Crippen molar-refractivity contribution in [2.75, 3.05) is 24.5 Å². The number of fused-ring (bicyclic) bond motifs is 1. The minimum Gasteiger partial charge on any atom is -0.356 e. The summed E-state index contributed by atoms with van der Waals surface area (Å²) in [5.74, 6) is 1.71. The van der Waals surface area contributed by atoms with Crippen molar-refractivity contribution in [1.82, 2.24) is 24.5 Å². The van der Waals surface area contributed by atoms with E-state index in [0.29, 0.717) is 18.2 Å². The number of anilines is 1. The summed E-state index contributed by atoms with van der Waals surface area (Å²) in [5, 5.41) is 4.89. The van der Waals surface area contributed by atoms with Gasteiger partial charge in [0.25, 0.3) is 5.91 Å². The number of pyridine rings is 1. The molecular formula is C29H32N6O. The number of carbonyl (C=O) groups excluding carboxylic acids is 1. The topological polar surface area (TPSA) is 66.6 Å². The second-order valence-corrected chi connectivity index (χ2v) is 10.2. The van der Waals surface area contributed by atoms with Crippen LogP contribution in [-0.2, 0) is 0 Å². The summed E-state index contributed by atoms with van der Waals surface area (Å²) in [6.45, 7) is 7.20. The van der Waals surface area contributed by atoms with E-state index in [1.54, 1.807) is 0 Å². The van der Waals surface area contributed by atoms with Crippen LogP contribution in [0.1, 0.15) is 60.4 Å². The Balaban J connectivity index is 1.30. The molecule has 0 aliphatic carbocycles. The Labute approximate surface area is 211 Å². The van der Waals surface area contributed by atoms with Crippen LogP contribution in [0.4, 0.5) is 5.82 Å². The van der Waals surface area contributed by atoms with Crippen molar-refractivity contribution in [3.63, 3.8) is 0 Å². The fourth-order valence-electron chi connectivity index (χ4n) is 5.58. The van der Waals surface area contributed by atoms with Crippen LogP contribution in [0.3, 0.4) is 0 Å². The zero-order valence-electron chi connectivity index (χ0n) is 21.0. The van der Waals surface area contributed by atoms with Crippen molar-refractivity contribution in [2.24, 2.45) is 5.92 Å². The summed E-state index contributed by atoms with van der Waals surface area (Å²) in [6, 6.07) is 17.7. The highest BCUT2D eigenvalue weighted by Crippen LogP contribution is 2.33. The van der Waals surface area contributed by atoms with Gasteiger partial charge in [-0.3, -0.25) is 4.79 Å². The van der Waals surface area contributed by atoms with Crippen molar-refractivity contribution in [2.45, 2.75) is 45.6 Å². The van der Waals surface area contributed by atoms with E-state index in [1.165, 1.54) is 6.42 Å². The van der Waals surface area contributed by atoms with Crippen LogP contribution in [0.25, 0.3) is 16.9 Å². The number of amides is 1. The molecule has 6 rings (SSSR count). The van der Waals surface area contributed by atoms with Gasteiger partial charge in [-0.15, -0.1) is 0 Å². The van der Waals surface area contributed by atoms with Gasteiger partial charge in [0, 0.05) is 43.0 Å². The molecule has 1 amide bonds. The van der Waals surface area contributed by atoms with Gasteiger partial charge in [0.05, 0.1) is 17.4 Å². The molecule has 0 unspecified atom stereocenters. The van der Waals surface area contributed by atoms with Gasteiger partial charge < -0.3 is 9.80 Å². The minimum atomic E-state index is -0.0781. The van der Waals surface area contributed by atoms with Crippen molar-refractivity contribution < 1.29 is 4.79 Å². The summed E-state index contributed by atoms with van der Waals surface area (Å²) < 4.78 is 1.87. The van der Waals surface area contributed by atoms with Gasteiger partial charge in [-0.2, -0.15) is 5.10 Å². The van der Waals surface area contributed by atoms with E-state index in [9.17, 15) is 4.79 Å². The largest absolute Gasteiger partial charge is 0.356 e. The Bertz CT molecular complexity index is 1400. The van der Waals surface area contributed by atoms with Crippen molar-refractivity contribution >= 4 is 17.4 Å². The zero-order valence-corrected chi connectivity index (χ0v) is 21.0. The molecule has 2 atom stereocenters. The molecule has 2 saturated heterocycles. The Morgan fingerprint density at radius 1 is 0.972 bits per heavy atom. The van der Waals surface area contributed by atoms with Gasteiger partial charge in [-0.1, -0.05) is 43.3 Å². The van der Waals surface area contributed by atoms with E-state index in [1.807, 2.05) is 57.9 Å². The highest BCUT2D eigenvalue weighted by Gasteiger charge is 2.32. The molecule has 1 aromatic carbocycles. The highest BCUT2D eigenvalue weighted by molar-refractivity contribution is 5.93. The van der Waals surface area contributed by atoms with Crippen LogP contribution < -0.4 is 4.90 Å². The van der Waals surface area contributed by atoms with E-state index < -0.39 is 0 Å². The molecule has 2 aliphatic heterocycles. The molecule has 0 N–H and O–H groups in total. The van der Waals surface area contributed by atoms with Crippen LogP contribution in [0.2, 0.25) is 0 Å². The van der Waals surface area contributed by atoms with E-state index in [-0.39, 0.29) is 11.9 Å². The Morgan fingerprint density at radius 2 is 1.83 bits per heavy atom. The third kappa shape index (κ3) is 4.23. The summed E-state index contributed by atoms with van der Waals surface area (Å²) in [6.07, 6.45) is 6.23. The molecule has 7 heteroatoms. The van der Waals surface area contributed by atoms with Gasteiger partial charge in [0.2, 0.25) is 0 Å². The minimum absolute atomic E-state index is 0.0366. The molecule has 2 fully saturated rings. The number of nitrogens with zero attached hydrogens (tertiary/aromatic N) is 6. The predicted molar refractivity (Wildman–Crippen MR) is 141 cm³/mol. The van der Waals surface area contributed by atoms with E-state index in [2.05, 4.69) is 31.0 Å². The molecule has 0 saturated carbocycles. The summed E-state index contributed by atoms with van der Waals surface area (Å²) in [7, 11) is 0. The first-order valence-electron chi connectivity index (χ1n) is 13.0. The average molecular weight is 481 g/mol. The maximum atomic E-state index is 13.7. The Morgan fingerprint density at radius 3 is 2.64 bits per heavy atom. The van der Waals surface area contributed by atoms with Crippen LogP contribution in [0.15, 0.2) is 60.8 Å². The fourth-order valence-corrected chi connectivity index (χ4v) is 5.58. The van der Waals surface area contributed by atoms with E-state index in [0.717, 1.165) is 66.3 Å². The lowest BCUT2D eigenvalue weighted by molar-refractivity contribution is 0.0599. The number of rotatable bonds is 4. The lowest BCUT2D eigenvalue weighted by Crippen LogP contribution is -2.39. The number of benzene rings is 1. The monoisotopic (exact) mass is 480 g/mol. The van der Waals surface area contributed by atoms with Crippen LogP contribution in [0, 0.1) is 12.8 Å². The molecule has 4 aromatic rings. The standard InChI is InChI=1S/C29H32N6O/c1-20-14-16-33(18-20)28-21(2)19-35-27(31-28)17-25(32-35)26-13-6-7-15-34(26)29(36)24-12-8-11-23(30-24)22-9-4-3-5-10-22/h3-5,8-12,17,19-20,26H,6-7,13-16,18H2,1-2H3/t20-,26-/m0/s1. The second-order valence-electron chi connectivity index (χ2n) is 10.2. The van der Waals surface area contributed by atoms with Crippen molar-refractivity contribution in [3.8, 4) is 11.3 Å². The van der Waals surface area contributed by atoms with Crippen LogP contribution >= 0.6 is 0 Å². The summed E-state index contributed by atoms with van der Waals surface area (Å²) in [5.41, 5.74) is 5.17. The predicted octanol–water partition coefficient (Wildman–Crippen LogP) is 5.31. The third-order valence-electron chi connectivity index (χ3n) is 7.49. The van der Waals surface area contributed by atoms with E-state index >= 15 is 0 Å². The number of carbonyl (C=O) groups is 1. The molecule has 36 heavy (non-hydrogen) atoms. The number of piperidine rings is 1. The first-order chi connectivity index (χ1) is 17.6. The van der Waals surface area contributed by atoms with Crippen molar-refractivity contribution in [1.29, 1.82) is 0 Å². The smallest absolute Gasteiger partial charge is 0.273 e. The molecule has 0 radical (unpaired) electrons. The molecule has 184 valence electrons. The lowest BCUT2D eigenvalue weighted by Gasteiger charge is -2.34.